The van der Waals surface area contributed by atoms with E-state index < -0.39 is 42.0 Å². The Morgan fingerprint density at radius 3 is 2.45 bits per heavy atom. The van der Waals surface area contributed by atoms with E-state index in [1.54, 1.807) is 11.0 Å². The zero-order valence-corrected chi connectivity index (χ0v) is 15.3. The Hall–Kier alpha value is -2.19. The number of hydrogen-bond acceptors (Lipinski definition) is 6. The summed E-state index contributed by atoms with van der Waals surface area (Å²) in [5, 5.41) is 27.7. The molecule has 11 heteroatoms. The third-order valence-corrected chi connectivity index (χ3v) is 5.89. The van der Waals surface area contributed by atoms with Gasteiger partial charge in [0.15, 0.2) is 6.29 Å². The first-order valence-electron chi connectivity index (χ1n) is 9.32. The van der Waals surface area contributed by atoms with E-state index in [0.717, 1.165) is 4.90 Å². The maximum atomic E-state index is 14.6. The lowest BCUT2D eigenvalue weighted by molar-refractivity contribution is -0.159. The standard InChI is InChI=1S/C18H19F5N4O2/c19-17(20)3-1-10-14(17)11(6-24)16(27-4-2-12(27)18(21,22)23)25-15(10)26-7-9(8-26)5-13(28)29/h9,12-13,28-29H,1-5,7-8H2/t12-/m0/s1. The highest BCUT2D eigenvalue weighted by atomic mass is 19.4. The van der Waals surface area contributed by atoms with E-state index in [0.29, 0.717) is 13.1 Å². The lowest BCUT2D eigenvalue weighted by Crippen LogP contribution is -2.57. The van der Waals surface area contributed by atoms with E-state index >= 15 is 0 Å². The predicted octanol–water partition coefficient (Wildman–Crippen LogP) is 2.27. The molecule has 2 N–H and O–H groups in total. The zero-order valence-electron chi connectivity index (χ0n) is 15.3. The number of pyridine rings is 1. The number of hydrogen-bond donors (Lipinski definition) is 2. The van der Waals surface area contributed by atoms with Crippen molar-refractivity contribution in [1.29, 1.82) is 5.26 Å². The normalized spacial score (nSPS) is 23.6. The van der Waals surface area contributed by atoms with Crippen LogP contribution in [0.3, 0.4) is 0 Å². The quantitative estimate of drug-likeness (QED) is 0.577. The topological polar surface area (TPSA) is 83.6 Å². The molecule has 1 atom stereocenters. The Morgan fingerprint density at radius 1 is 1.24 bits per heavy atom. The number of rotatable bonds is 4. The second kappa shape index (κ2) is 6.67. The van der Waals surface area contributed by atoms with E-state index in [4.69, 9.17) is 10.2 Å². The third-order valence-electron chi connectivity index (χ3n) is 5.89. The van der Waals surface area contributed by atoms with Gasteiger partial charge in [-0.05, 0) is 18.8 Å². The maximum Gasteiger partial charge on any atom is 0.408 e. The van der Waals surface area contributed by atoms with Gasteiger partial charge in [-0.2, -0.15) is 18.4 Å². The van der Waals surface area contributed by atoms with Crippen LogP contribution in [0.4, 0.5) is 33.6 Å². The molecule has 0 aromatic carbocycles. The zero-order chi connectivity index (χ0) is 21.1. The van der Waals surface area contributed by atoms with Gasteiger partial charge in [0, 0.05) is 43.6 Å². The van der Waals surface area contributed by atoms with Gasteiger partial charge in [0.05, 0.1) is 0 Å². The fourth-order valence-corrected chi connectivity index (χ4v) is 4.39. The molecule has 0 bridgehead atoms. The van der Waals surface area contributed by atoms with E-state index in [-0.39, 0.29) is 48.9 Å². The molecule has 0 amide bonds. The molecule has 2 aliphatic heterocycles. The number of aliphatic hydroxyl groups is 2. The molecule has 3 heterocycles. The molecule has 0 spiro atoms. The number of nitriles is 1. The van der Waals surface area contributed by atoms with Crippen LogP contribution in [0.5, 0.6) is 0 Å². The van der Waals surface area contributed by atoms with Gasteiger partial charge in [-0.1, -0.05) is 0 Å². The van der Waals surface area contributed by atoms with Crippen LogP contribution in [0.2, 0.25) is 0 Å². The van der Waals surface area contributed by atoms with Gasteiger partial charge < -0.3 is 20.0 Å². The molecular weight excluding hydrogens is 399 g/mol. The number of aliphatic hydroxyl groups excluding tert-OH is 1. The lowest BCUT2D eigenvalue weighted by Gasteiger charge is -2.45. The highest BCUT2D eigenvalue weighted by Crippen LogP contribution is 2.50. The first-order chi connectivity index (χ1) is 13.5. The smallest absolute Gasteiger partial charge is 0.368 e. The summed E-state index contributed by atoms with van der Waals surface area (Å²) in [4.78, 5) is 6.81. The molecule has 2 saturated heterocycles. The minimum absolute atomic E-state index is 0.0189. The van der Waals surface area contributed by atoms with Crippen LogP contribution in [0.15, 0.2) is 0 Å². The van der Waals surface area contributed by atoms with E-state index in [9.17, 15) is 27.2 Å². The van der Waals surface area contributed by atoms with Crippen molar-refractivity contribution < 1.29 is 32.2 Å². The monoisotopic (exact) mass is 418 g/mol. The predicted molar refractivity (Wildman–Crippen MR) is 91.5 cm³/mol. The molecule has 2 fully saturated rings. The van der Waals surface area contributed by atoms with Gasteiger partial charge >= 0.3 is 6.18 Å². The van der Waals surface area contributed by atoms with Crippen molar-refractivity contribution in [3.05, 3.63) is 16.7 Å². The second-order valence-electron chi connectivity index (χ2n) is 7.83. The molecule has 4 rings (SSSR count). The van der Waals surface area contributed by atoms with Crippen LogP contribution in [0.1, 0.15) is 36.0 Å². The molecule has 158 valence electrons. The summed E-state index contributed by atoms with van der Waals surface area (Å²) in [5.41, 5.74) is -0.802. The molecule has 1 aliphatic carbocycles. The van der Waals surface area contributed by atoms with Crippen molar-refractivity contribution in [2.24, 2.45) is 5.92 Å². The summed E-state index contributed by atoms with van der Waals surface area (Å²) in [6.07, 6.45) is -6.65. The van der Waals surface area contributed by atoms with E-state index in [2.05, 4.69) is 4.98 Å². The summed E-state index contributed by atoms with van der Waals surface area (Å²) in [5.74, 6) is -3.57. The lowest BCUT2D eigenvalue weighted by atomic mass is 9.93. The fourth-order valence-electron chi connectivity index (χ4n) is 4.39. The van der Waals surface area contributed by atoms with E-state index in [1.165, 1.54) is 0 Å². The Kier molecular flexibility index (Phi) is 4.62. The largest absolute Gasteiger partial charge is 0.408 e. The molecule has 0 unspecified atom stereocenters. The molecule has 0 saturated carbocycles. The van der Waals surface area contributed by atoms with Gasteiger partial charge in [0.25, 0.3) is 5.92 Å². The fraction of sp³-hybridized carbons (Fsp3) is 0.667. The average molecular weight is 418 g/mol. The summed E-state index contributed by atoms with van der Waals surface area (Å²) >= 11 is 0. The highest BCUT2D eigenvalue weighted by Gasteiger charge is 2.52. The van der Waals surface area contributed by atoms with Gasteiger partial charge in [-0.3, -0.25) is 0 Å². The second-order valence-corrected chi connectivity index (χ2v) is 7.83. The van der Waals surface area contributed by atoms with Crippen molar-refractivity contribution in [2.45, 2.75) is 50.1 Å². The number of nitrogens with zero attached hydrogens (tertiary/aromatic N) is 4. The Bertz CT molecular complexity index is 861. The first kappa shape index (κ1) is 20.1. The van der Waals surface area contributed by atoms with Crippen molar-refractivity contribution in [1.82, 2.24) is 4.98 Å². The number of alkyl halides is 5. The SMILES string of the molecule is N#Cc1c(N2CC[C@H]2C(F)(F)F)nc(N2CC(CC(O)O)C2)c2c1C(F)(F)CC2. The number of aromatic nitrogens is 1. The van der Waals surface area contributed by atoms with E-state index in [1.807, 2.05) is 0 Å². The van der Waals surface area contributed by atoms with Crippen LogP contribution in [-0.2, 0) is 12.3 Å². The average Bonchev–Trinajstić information content (AvgIpc) is 2.83. The highest BCUT2D eigenvalue weighted by molar-refractivity contribution is 5.71. The van der Waals surface area contributed by atoms with Gasteiger partial charge in [-0.15, -0.1) is 0 Å². The number of fused-ring (bicyclic) bond motifs is 1. The van der Waals surface area contributed by atoms with Crippen LogP contribution in [0, 0.1) is 17.2 Å². The Labute approximate surface area is 163 Å². The summed E-state index contributed by atoms with van der Waals surface area (Å²) in [7, 11) is 0. The Balaban J connectivity index is 1.76. The number of anilines is 2. The first-order valence-corrected chi connectivity index (χ1v) is 9.32. The van der Waals surface area contributed by atoms with Gasteiger partial charge in [-0.25, -0.2) is 13.8 Å². The third kappa shape index (κ3) is 3.28. The van der Waals surface area contributed by atoms with Crippen LogP contribution in [-0.4, -0.2) is 53.3 Å². The van der Waals surface area contributed by atoms with Crippen LogP contribution >= 0.6 is 0 Å². The van der Waals surface area contributed by atoms with Crippen LogP contribution in [0.25, 0.3) is 0 Å². The van der Waals surface area contributed by atoms with Crippen molar-refractivity contribution in [3.8, 4) is 6.07 Å². The summed E-state index contributed by atoms with van der Waals surface area (Å²) < 4.78 is 68.9. The molecule has 29 heavy (non-hydrogen) atoms. The van der Waals surface area contributed by atoms with Crippen LogP contribution < -0.4 is 9.80 Å². The summed E-state index contributed by atoms with van der Waals surface area (Å²) in [6, 6.07) is -0.177. The molecule has 1 aromatic rings. The Morgan fingerprint density at radius 2 is 1.93 bits per heavy atom. The molecule has 3 aliphatic rings. The van der Waals surface area contributed by atoms with Crippen molar-refractivity contribution >= 4 is 11.6 Å². The molecular formula is C18H19F5N4O2. The molecule has 6 nitrogen and oxygen atoms in total. The maximum absolute atomic E-state index is 14.6. The molecule has 0 radical (unpaired) electrons. The van der Waals surface area contributed by atoms with Gasteiger partial charge in [0.2, 0.25) is 0 Å². The molecule has 1 aromatic heterocycles. The van der Waals surface area contributed by atoms with Crippen molar-refractivity contribution in [2.75, 3.05) is 29.4 Å². The van der Waals surface area contributed by atoms with Crippen molar-refractivity contribution in [3.63, 3.8) is 0 Å². The van der Waals surface area contributed by atoms with Gasteiger partial charge in [0.1, 0.15) is 29.3 Å². The number of halogens is 5. The minimum Gasteiger partial charge on any atom is -0.368 e. The summed E-state index contributed by atoms with van der Waals surface area (Å²) in [6.45, 7) is 0.641. The minimum atomic E-state index is -4.55.